The molecule has 1 aliphatic carbocycles. The third-order valence-electron chi connectivity index (χ3n) is 3.26. The number of aliphatic carboxylic acids is 1. The zero-order valence-electron chi connectivity index (χ0n) is 9.07. The normalized spacial score (nSPS) is 23.4. The van der Waals surface area contributed by atoms with Gasteiger partial charge in [0.1, 0.15) is 5.54 Å². The number of nitrogens with zero attached hydrogens (tertiary/aromatic N) is 1. The van der Waals surface area contributed by atoms with Crippen LogP contribution in [0.25, 0.3) is 0 Å². The van der Waals surface area contributed by atoms with E-state index in [-0.39, 0.29) is 6.03 Å². The molecule has 2 fully saturated rings. The zero-order valence-corrected chi connectivity index (χ0v) is 9.07. The van der Waals surface area contributed by atoms with E-state index in [4.69, 9.17) is 9.84 Å². The van der Waals surface area contributed by atoms with Gasteiger partial charge in [-0.15, -0.1) is 0 Å². The van der Waals surface area contributed by atoms with Crippen molar-refractivity contribution in [3.8, 4) is 0 Å². The van der Waals surface area contributed by atoms with Crippen LogP contribution in [0.5, 0.6) is 0 Å². The van der Waals surface area contributed by atoms with Crippen LogP contribution in [-0.2, 0) is 9.53 Å². The van der Waals surface area contributed by atoms with E-state index in [9.17, 15) is 9.59 Å². The van der Waals surface area contributed by atoms with Gasteiger partial charge in [0.15, 0.2) is 0 Å². The number of carbonyl (C=O) groups excluding carboxylic acids is 1. The van der Waals surface area contributed by atoms with E-state index in [1.165, 1.54) is 0 Å². The minimum absolute atomic E-state index is 0.287. The van der Waals surface area contributed by atoms with Crippen molar-refractivity contribution in [1.82, 2.24) is 10.2 Å². The first-order valence-corrected chi connectivity index (χ1v) is 5.52. The fraction of sp³-hybridized carbons (Fsp3) is 0.800. The Morgan fingerprint density at radius 1 is 1.25 bits per heavy atom. The van der Waals surface area contributed by atoms with Crippen LogP contribution in [0.2, 0.25) is 0 Å². The molecule has 0 atom stereocenters. The number of ether oxygens (including phenoxy) is 1. The average Bonchev–Trinajstić information content (AvgIpc) is 2.24. The van der Waals surface area contributed by atoms with Gasteiger partial charge in [-0.3, -0.25) is 0 Å². The highest BCUT2D eigenvalue weighted by molar-refractivity contribution is 5.87. The number of hydrogen-bond donors (Lipinski definition) is 2. The molecule has 0 radical (unpaired) electrons. The van der Waals surface area contributed by atoms with Gasteiger partial charge in [-0.2, -0.15) is 0 Å². The second kappa shape index (κ2) is 4.29. The standard InChI is InChI=1S/C10H16N2O4/c13-8(14)10(2-1-3-10)11-9(15)12-4-6-16-7-5-12/h1-7H2,(H,11,15)(H,13,14). The Hall–Kier alpha value is -1.30. The molecule has 1 heterocycles. The molecule has 90 valence electrons. The fourth-order valence-electron chi connectivity index (χ4n) is 1.97. The molecule has 0 aromatic carbocycles. The molecule has 0 bridgehead atoms. The Kier molecular flexibility index (Phi) is 3.00. The molecule has 0 aromatic rings. The summed E-state index contributed by atoms with van der Waals surface area (Å²) in [5.74, 6) is -0.930. The number of amides is 2. The van der Waals surface area contributed by atoms with Crippen molar-refractivity contribution in [3.05, 3.63) is 0 Å². The molecule has 16 heavy (non-hydrogen) atoms. The second-order valence-corrected chi connectivity index (χ2v) is 4.27. The lowest BCUT2D eigenvalue weighted by atomic mass is 9.77. The van der Waals surface area contributed by atoms with Crippen LogP contribution in [-0.4, -0.2) is 53.8 Å². The van der Waals surface area contributed by atoms with Crippen LogP contribution >= 0.6 is 0 Å². The van der Waals surface area contributed by atoms with Crippen molar-refractivity contribution in [2.24, 2.45) is 0 Å². The van der Waals surface area contributed by atoms with Gasteiger partial charge in [-0.1, -0.05) is 0 Å². The maximum absolute atomic E-state index is 11.8. The predicted octanol–water partition coefficient (Wildman–Crippen LogP) is 0.0355. The van der Waals surface area contributed by atoms with Gasteiger partial charge in [0, 0.05) is 13.1 Å². The number of morpholine rings is 1. The second-order valence-electron chi connectivity index (χ2n) is 4.27. The number of carboxylic acids is 1. The lowest BCUT2D eigenvalue weighted by molar-refractivity contribution is -0.148. The number of carboxylic acid groups (broad SMARTS) is 1. The van der Waals surface area contributed by atoms with Gasteiger partial charge in [-0.05, 0) is 19.3 Å². The molecular weight excluding hydrogens is 212 g/mol. The number of rotatable bonds is 2. The predicted molar refractivity (Wildman–Crippen MR) is 55.1 cm³/mol. The molecule has 0 spiro atoms. The third-order valence-corrected chi connectivity index (χ3v) is 3.26. The number of hydrogen-bond acceptors (Lipinski definition) is 3. The molecule has 6 heteroatoms. The molecule has 0 unspecified atom stereocenters. The Bertz CT molecular complexity index is 295. The maximum Gasteiger partial charge on any atom is 0.329 e. The minimum atomic E-state index is -1.02. The van der Waals surface area contributed by atoms with Gasteiger partial charge in [-0.25, -0.2) is 9.59 Å². The molecule has 1 aliphatic heterocycles. The first-order chi connectivity index (χ1) is 7.64. The number of carbonyl (C=O) groups is 2. The summed E-state index contributed by atoms with van der Waals surface area (Å²) in [5.41, 5.74) is -1.02. The van der Waals surface area contributed by atoms with E-state index < -0.39 is 11.5 Å². The highest BCUT2D eigenvalue weighted by Gasteiger charge is 2.46. The van der Waals surface area contributed by atoms with Crippen molar-refractivity contribution in [3.63, 3.8) is 0 Å². The van der Waals surface area contributed by atoms with Gasteiger partial charge in [0.2, 0.25) is 0 Å². The van der Waals surface area contributed by atoms with E-state index in [2.05, 4.69) is 5.32 Å². The number of nitrogens with one attached hydrogen (secondary N) is 1. The van der Waals surface area contributed by atoms with E-state index in [0.717, 1.165) is 6.42 Å². The fourth-order valence-corrected chi connectivity index (χ4v) is 1.97. The first kappa shape index (κ1) is 11.2. The summed E-state index contributed by atoms with van der Waals surface area (Å²) in [4.78, 5) is 24.5. The van der Waals surface area contributed by atoms with Crippen LogP contribution in [0.3, 0.4) is 0 Å². The Morgan fingerprint density at radius 2 is 1.88 bits per heavy atom. The van der Waals surface area contributed by atoms with E-state index in [1.807, 2.05) is 0 Å². The molecule has 2 amide bonds. The summed E-state index contributed by atoms with van der Waals surface area (Å²) in [6.07, 6.45) is 1.91. The summed E-state index contributed by atoms with van der Waals surface area (Å²) in [7, 11) is 0. The molecule has 1 saturated carbocycles. The van der Waals surface area contributed by atoms with Crippen LogP contribution in [0, 0.1) is 0 Å². The molecule has 2 N–H and O–H groups in total. The largest absolute Gasteiger partial charge is 0.480 e. The number of urea groups is 1. The molecule has 1 saturated heterocycles. The van der Waals surface area contributed by atoms with Gasteiger partial charge >= 0.3 is 12.0 Å². The molecule has 2 rings (SSSR count). The minimum Gasteiger partial charge on any atom is -0.480 e. The monoisotopic (exact) mass is 228 g/mol. The maximum atomic E-state index is 11.8. The van der Waals surface area contributed by atoms with E-state index in [1.54, 1.807) is 4.90 Å². The highest BCUT2D eigenvalue weighted by atomic mass is 16.5. The molecule has 2 aliphatic rings. The lowest BCUT2D eigenvalue weighted by Gasteiger charge is -2.40. The Morgan fingerprint density at radius 3 is 2.31 bits per heavy atom. The van der Waals surface area contributed by atoms with Crippen LogP contribution < -0.4 is 5.32 Å². The van der Waals surface area contributed by atoms with E-state index >= 15 is 0 Å². The Balaban J connectivity index is 1.92. The SMILES string of the molecule is O=C(NC1(C(=O)O)CCC1)N1CCOCC1. The first-order valence-electron chi connectivity index (χ1n) is 5.52. The van der Waals surface area contributed by atoms with Crippen molar-refractivity contribution < 1.29 is 19.4 Å². The summed E-state index contributed by atoms with van der Waals surface area (Å²) >= 11 is 0. The molecular formula is C10H16N2O4. The average molecular weight is 228 g/mol. The Labute approximate surface area is 93.6 Å². The van der Waals surface area contributed by atoms with Crippen molar-refractivity contribution in [2.45, 2.75) is 24.8 Å². The van der Waals surface area contributed by atoms with Crippen molar-refractivity contribution >= 4 is 12.0 Å². The van der Waals surface area contributed by atoms with Crippen LogP contribution in [0.1, 0.15) is 19.3 Å². The lowest BCUT2D eigenvalue weighted by Crippen LogP contribution is -2.62. The van der Waals surface area contributed by atoms with Crippen LogP contribution in [0.15, 0.2) is 0 Å². The van der Waals surface area contributed by atoms with E-state index in [0.29, 0.717) is 39.1 Å². The molecule has 6 nitrogen and oxygen atoms in total. The quantitative estimate of drug-likeness (QED) is 0.699. The summed E-state index contributed by atoms with van der Waals surface area (Å²) in [6.45, 7) is 2.10. The van der Waals surface area contributed by atoms with Crippen molar-refractivity contribution in [1.29, 1.82) is 0 Å². The highest BCUT2D eigenvalue weighted by Crippen LogP contribution is 2.32. The molecule has 0 aromatic heterocycles. The smallest absolute Gasteiger partial charge is 0.329 e. The van der Waals surface area contributed by atoms with Crippen molar-refractivity contribution in [2.75, 3.05) is 26.3 Å². The third kappa shape index (κ3) is 1.97. The summed E-state index contributed by atoms with van der Waals surface area (Å²) in [6, 6.07) is -0.287. The van der Waals surface area contributed by atoms with Crippen LogP contribution in [0.4, 0.5) is 4.79 Å². The van der Waals surface area contributed by atoms with Gasteiger partial charge in [0.25, 0.3) is 0 Å². The van der Waals surface area contributed by atoms with Gasteiger partial charge < -0.3 is 20.1 Å². The zero-order chi connectivity index (χ0) is 11.6. The van der Waals surface area contributed by atoms with Gasteiger partial charge in [0.05, 0.1) is 13.2 Å². The topological polar surface area (TPSA) is 78.9 Å². The summed E-state index contributed by atoms with van der Waals surface area (Å²) in [5, 5.41) is 11.7. The summed E-state index contributed by atoms with van der Waals surface area (Å²) < 4.78 is 5.13.